The second kappa shape index (κ2) is 12.0. The number of esters is 1. The predicted octanol–water partition coefficient (Wildman–Crippen LogP) is 5.24. The largest absolute Gasteiger partial charge is 0.462 e. The Hall–Kier alpha value is -2.69. The molecule has 0 saturated heterocycles. The molecule has 5 heteroatoms. The standard InChI is InChI=1S/C24H32N2O3/c1-4-6-7-8-9-13-23(27)26(3)18-19-11-10-12-20(16-19)22-15-14-21(17-25-22)24(28)29-5-2/h10-12,14-17H,4-9,13,18H2,1-3H3. The van der Waals surface area contributed by atoms with Crippen molar-refractivity contribution in [3.8, 4) is 11.3 Å². The summed E-state index contributed by atoms with van der Waals surface area (Å²) in [4.78, 5) is 30.3. The van der Waals surface area contributed by atoms with E-state index >= 15 is 0 Å². The lowest BCUT2D eigenvalue weighted by Crippen LogP contribution is -2.25. The fourth-order valence-electron chi connectivity index (χ4n) is 3.16. The van der Waals surface area contributed by atoms with Crippen molar-refractivity contribution in [3.63, 3.8) is 0 Å². The summed E-state index contributed by atoms with van der Waals surface area (Å²) in [7, 11) is 1.85. The van der Waals surface area contributed by atoms with Crippen LogP contribution in [0.3, 0.4) is 0 Å². The Balaban J connectivity index is 1.95. The minimum absolute atomic E-state index is 0.184. The Morgan fingerprint density at radius 3 is 2.52 bits per heavy atom. The summed E-state index contributed by atoms with van der Waals surface area (Å²) < 4.78 is 4.99. The quantitative estimate of drug-likeness (QED) is 0.385. The smallest absolute Gasteiger partial charge is 0.339 e. The molecule has 0 N–H and O–H groups in total. The van der Waals surface area contributed by atoms with Gasteiger partial charge in [-0.15, -0.1) is 0 Å². The lowest BCUT2D eigenvalue weighted by Gasteiger charge is -2.18. The molecule has 2 aromatic rings. The number of aromatic nitrogens is 1. The Kier molecular flexibility index (Phi) is 9.35. The molecular weight excluding hydrogens is 364 g/mol. The maximum Gasteiger partial charge on any atom is 0.339 e. The highest BCUT2D eigenvalue weighted by atomic mass is 16.5. The van der Waals surface area contributed by atoms with Crippen molar-refractivity contribution in [3.05, 3.63) is 53.7 Å². The number of hydrogen-bond donors (Lipinski definition) is 0. The zero-order valence-corrected chi connectivity index (χ0v) is 17.8. The molecule has 0 aliphatic rings. The highest BCUT2D eigenvalue weighted by Gasteiger charge is 2.11. The van der Waals surface area contributed by atoms with Gasteiger partial charge in [-0.3, -0.25) is 9.78 Å². The van der Waals surface area contributed by atoms with Crippen molar-refractivity contribution in [2.75, 3.05) is 13.7 Å². The minimum atomic E-state index is -0.366. The summed E-state index contributed by atoms with van der Waals surface area (Å²) in [6.07, 6.45) is 7.88. The third-order valence-electron chi connectivity index (χ3n) is 4.84. The van der Waals surface area contributed by atoms with Crippen molar-refractivity contribution < 1.29 is 14.3 Å². The molecule has 0 bridgehead atoms. The molecule has 1 aromatic carbocycles. The summed E-state index contributed by atoms with van der Waals surface area (Å²) in [6, 6.07) is 11.5. The third-order valence-corrected chi connectivity index (χ3v) is 4.84. The topological polar surface area (TPSA) is 59.5 Å². The lowest BCUT2D eigenvalue weighted by atomic mass is 10.1. The van der Waals surface area contributed by atoms with Crippen LogP contribution < -0.4 is 0 Å². The van der Waals surface area contributed by atoms with Crippen LogP contribution >= 0.6 is 0 Å². The average Bonchev–Trinajstić information content (AvgIpc) is 2.74. The van der Waals surface area contributed by atoms with Crippen LogP contribution in [0.1, 0.15) is 68.3 Å². The number of amides is 1. The van der Waals surface area contributed by atoms with Gasteiger partial charge in [0.05, 0.1) is 17.9 Å². The van der Waals surface area contributed by atoms with Gasteiger partial charge in [-0.1, -0.05) is 50.8 Å². The van der Waals surface area contributed by atoms with Crippen molar-refractivity contribution in [2.45, 2.75) is 58.9 Å². The Morgan fingerprint density at radius 2 is 1.83 bits per heavy atom. The molecule has 29 heavy (non-hydrogen) atoms. The zero-order valence-electron chi connectivity index (χ0n) is 17.8. The van der Waals surface area contributed by atoms with Crippen LogP contribution in [0.15, 0.2) is 42.6 Å². The van der Waals surface area contributed by atoms with E-state index in [-0.39, 0.29) is 11.9 Å². The van der Waals surface area contributed by atoms with E-state index in [4.69, 9.17) is 4.74 Å². The lowest BCUT2D eigenvalue weighted by molar-refractivity contribution is -0.130. The molecule has 0 fully saturated rings. The van der Waals surface area contributed by atoms with Crippen LogP contribution in [0, 0.1) is 0 Å². The van der Waals surface area contributed by atoms with E-state index < -0.39 is 0 Å². The van der Waals surface area contributed by atoms with Crippen LogP contribution in [-0.2, 0) is 16.1 Å². The van der Waals surface area contributed by atoms with Crippen molar-refractivity contribution >= 4 is 11.9 Å². The van der Waals surface area contributed by atoms with Gasteiger partial charge in [-0.25, -0.2) is 4.79 Å². The number of ether oxygens (including phenoxy) is 1. The fraction of sp³-hybridized carbons (Fsp3) is 0.458. The van der Waals surface area contributed by atoms with Crippen molar-refractivity contribution in [1.82, 2.24) is 9.88 Å². The maximum atomic E-state index is 12.4. The number of carbonyl (C=O) groups excluding carboxylic acids is 2. The van der Waals surface area contributed by atoms with Gasteiger partial charge in [0, 0.05) is 31.8 Å². The maximum absolute atomic E-state index is 12.4. The number of hydrogen-bond acceptors (Lipinski definition) is 4. The van der Waals surface area contributed by atoms with Crippen LogP contribution in [0.25, 0.3) is 11.3 Å². The second-order valence-corrected chi connectivity index (χ2v) is 7.27. The number of nitrogens with zero attached hydrogens (tertiary/aromatic N) is 2. The van der Waals surface area contributed by atoms with E-state index in [9.17, 15) is 9.59 Å². The molecule has 0 spiro atoms. The van der Waals surface area contributed by atoms with E-state index in [0.29, 0.717) is 25.1 Å². The Labute approximate surface area is 174 Å². The molecule has 0 aliphatic heterocycles. The second-order valence-electron chi connectivity index (χ2n) is 7.27. The first-order valence-corrected chi connectivity index (χ1v) is 10.5. The predicted molar refractivity (Wildman–Crippen MR) is 115 cm³/mol. The Morgan fingerprint density at radius 1 is 1.03 bits per heavy atom. The fourth-order valence-corrected chi connectivity index (χ4v) is 3.16. The van der Waals surface area contributed by atoms with Crippen molar-refractivity contribution in [1.29, 1.82) is 0 Å². The van der Waals surface area contributed by atoms with Gasteiger partial charge in [0.2, 0.25) is 5.91 Å². The molecule has 156 valence electrons. The number of benzene rings is 1. The van der Waals surface area contributed by atoms with Gasteiger partial charge in [-0.05, 0) is 37.1 Å². The van der Waals surface area contributed by atoms with Gasteiger partial charge >= 0.3 is 5.97 Å². The van der Waals surface area contributed by atoms with Gasteiger partial charge < -0.3 is 9.64 Å². The van der Waals surface area contributed by atoms with E-state index in [0.717, 1.165) is 29.7 Å². The minimum Gasteiger partial charge on any atom is -0.462 e. The SMILES string of the molecule is CCCCCCCC(=O)N(C)Cc1cccc(-c2ccc(C(=O)OCC)cn2)c1. The van der Waals surface area contributed by atoms with E-state index in [2.05, 4.69) is 11.9 Å². The first-order valence-electron chi connectivity index (χ1n) is 10.5. The molecule has 1 heterocycles. The van der Waals surface area contributed by atoms with Crippen LogP contribution in [0.5, 0.6) is 0 Å². The molecule has 5 nitrogen and oxygen atoms in total. The summed E-state index contributed by atoms with van der Waals surface area (Å²) in [5, 5.41) is 0. The summed E-state index contributed by atoms with van der Waals surface area (Å²) in [5.74, 6) is -0.182. The third kappa shape index (κ3) is 7.33. The van der Waals surface area contributed by atoms with Gasteiger partial charge in [-0.2, -0.15) is 0 Å². The number of rotatable bonds is 11. The zero-order chi connectivity index (χ0) is 21.1. The summed E-state index contributed by atoms with van der Waals surface area (Å²) in [6.45, 7) is 4.88. The van der Waals surface area contributed by atoms with Gasteiger partial charge in [0.25, 0.3) is 0 Å². The Bertz CT molecular complexity index is 787. The molecule has 0 atom stereocenters. The summed E-state index contributed by atoms with van der Waals surface area (Å²) in [5.41, 5.74) is 3.24. The molecule has 1 aromatic heterocycles. The molecule has 0 radical (unpaired) electrons. The molecular formula is C24H32N2O3. The van der Waals surface area contributed by atoms with E-state index in [1.807, 2.05) is 37.4 Å². The first kappa shape index (κ1) is 22.6. The summed E-state index contributed by atoms with van der Waals surface area (Å²) >= 11 is 0. The van der Waals surface area contributed by atoms with E-state index in [1.54, 1.807) is 17.9 Å². The van der Waals surface area contributed by atoms with Crippen LogP contribution in [0.4, 0.5) is 0 Å². The molecule has 0 saturated carbocycles. The first-order chi connectivity index (χ1) is 14.0. The molecule has 0 unspecified atom stereocenters. The number of pyridine rings is 1. The van der Waals surface area contributed by atoms with Gasteiger partial charge in [0.15, 0.2) is 0 Å². The highest BCUT2D eigenvalue weighted by molar-refractivity contribution is 5.89. The average molecular weight is 397 g/mol. The van der Waals surface area contributed by atoms with Gasteiger partial charge in [0.1, 0.15) is 0 Å². The van der Waals surface area contributed by atoms with Crippen LogP contribution in [0.2, 0.25) is 0 Å². The van der Waals surface area contributed by atoms with Crippen molar-refractivity contribution in [2.24, 2.45) is 0 Å². The monoisotopic (exact) mass is 396 g/mol. The number of carbonyl (C=O) groups is 2. The molecule has 2 rings (SSSR count). The van der Waals surface area contributed by atoms with Crippen LogP contribution in [-0.4, -0.2) is 35.4 Å². The highest BCUT2D eigenvalue weighted by Crippen LogP contribution is 2.20. The molecule has 1 amide bonds. The number of unbranched alkanes of at least 4 members (excludes halogenated alkanes) is 4. The molecule has 0 aliphatic carbocycles. The normalized spacial score (nSPS) is 10.6. The van der Waals surface area contributed by atoms with E-state index in [1.165, 1.54) is 25.5 Å².